The summed E-state index contributed by atoms with van der Waals surface area (Å²) in [5.41, 5.74) is 5.89. The number of thioether (sulfide) groups is 1. The molecule has 5 heteroatoms. The molecule has 0 aromatic rings. The lowest BCUT2D eigenvalue weighted by atomic mass is 9.99. The summed E-state index contributed by atoms with van der Waals surface area (Å²) in [6.45, 7) is 2.48. The van der Waals surface area contributed by atoms with E-state index in [4.69, 9.17) is 10.5 Å². The van der Waals surface area contributed by atoms with Gasteiger partial charge in [0.25, 0.3) is 0 Å². The van der Waals surface area contributed by atoms with Crippen LogP contribution in [0.15, 0.2) is 4.99 Å². The van der Waals surface area contributed by atoms with Gasteiger partial charge in [-0.05, 0) is 23.8 Å². The first kappa shape index (κ1) is 11.1. The molecule has 1 fully saturated rings. The highest BCUT2D eigenvalue weighted by atomic mass is 32.2. The maximum atomic E-state index is 5.89. The smallest absolute Gasteiger partial charge is 0.191 e. The van der Waals surface area contributed by atoms with Crippen molar-refractivity contribution in [1.29, 1.82) is 0 Å². The summed E-state index contributed by atoms with van der Waals surface area (Å²) in [5.74, 6) is 4.02. The second-order valence-electron chi connectivity index (χ2n) is 4.08. The van der Waals surface area contributed by atoms with E-state index in [2.05, 4.69) is 9.89 Å². The molecule has 0 aromatic heterocycles. The molecule has 0 saturated carbocycles. The fourth-order valence-corrected chi connectivity index (χ4v) is 3.60. The first-order valence-electron chi connectivity index (χ1n) is 5.46. The summed E-state index contributed by atoms with van der Waals surface area (Å²) < 4.78 is 5.11. The third-order valence-corrected chi connectivity index (χ3v) is 4.37. The zero-order valence-electron chi connectivity index (χ0n) is 9.19. The Morgan fingerprint density at radius 2 is 2.53 bits per heavy atom. The molecule has 0 spiro atoms. The Morgan fingerprint density at radius 1 is 1.67 bits per heavy atom. The largest absolute Gasteiger partial charge is 0.383 e. The van der Waals surface area contributed by atoms with E-state index in [-0.39, 0.29) is 0 Å². The number of aliphatic imine (C=N–C) groups is 1. The Bertz CT molecular complexity index is 241. The van der Waals surface area contributed by atoms with Crippen LogP contribution in [0.1, 0.15) is 6.42 Å². The topological polar surface area (TPSA) is 50.9 Å². The van der Waals surface area contributed by atoms with Crippen molar-refractivity contribution in [2.24, 2.45) is 16.6 Å². The Labute approximate surface area is 95.2 Å². The van der Waals surface area contributed by atoms with Gasteiger partial charge in [0.05, 0.1) is 19.2 Å². The normalized spacial score (nSPS) is 31.0. The number of ether oxygens (including phenoxy) is 1. The number of hydrogen-bond acceptors (Lipinski definition) is 5. The number of methoxy groups -OCH3 is 1. The minimum atomic E-state index is 0.523. The molecular weight excluding hydrogens is 210 g/mol. The van der Waals surface area contributed by atoms with Gasteiger partial charge in [0.2, 0.25) is 0 Å². The number of hydrogen-bond donors (Lipinski definition) is 1. The molecule has 2 aliphatic rings. The van der Waals surface area contributed by atoms with Crippen molar-refractivity contribution in [2.75, 3.05) is 38.3 Å². The van der Waals surface area contributed by atoms with Crippen molar-refractivity contribution in [3.63, 3.8) is 0 Å². The van der Waals surface area contributed by atoms with Crippen LogP contribution in [0.2, 0.25) is 0 Å². The summed E-state index contributed by atoms with van der Waals surface area (Å²) in [4.78, 5) is 6.57. The highest BCUT2D eigenvalue weighted by Crippen LogP contribution is 2.30. The highest BCUT2D eigenvalue weighted by Gasteiger charge is 2.34. The lowest BCUT2D eigenvalue weighted by Crippen LogP contribution is -2.46. The van der Waals surface area contributed by atoms with Gasteiger partial charge in [-0.25, -0.2) is 0 Å². The van der Waals surface area contributed by atoms with E-state index in [1.54, 1.807) is 7.11 Å². The van der Waals surface area contributed by atoms with Crippen LogP contribution >= 0.6 is 11.8 Å². The zero-order valence-corrected chi connectivity index (χ0v) is 10.0. The Morgan fingerprint density at radius 3 is 3.20 bits per heavy atom. The number of nitrogens with two attached hydrogens (primary N) is 1. The van der Waals surface area contributed by atoms with E-state index in [1.807, 2.05) is 11.8 Å². The molecule has 2 unspecified atom stereocenters. The molecule has 4 nitrogen and oxygen atoms in total. The van der Waals surface area contributed by atoms with Crippen LogP contribution in [0.25, 0.3) is 0 Å². The van der Waals surface area contributed by atoms with Gasteiger partial charge in [-0.3, -0.25) is 4.99 Å². The first-order valence-corrected chi connectivity index (χ1v) is 6.61. The number of rotatable bonds is 4. The van der Waals surface area contributed by atoms with Gasteiger partial charge in [0, 0.05) is 13.7 Å². The van der Waals surface area contributed by atoms with Gasteiger partial charge in [-0.2, -0.15) is 11.8 Å². The van der Waals surface area contributed by atoms with Crippen molar-refractivity contribution in [1.82, 2.24) is 4.90 Å². The maximum absolute atomic E-state index is 5.89. The average Bonchev–Trinajstić information content (AvgIpc) is 2.84. The zero-order chi connectivity index (χ0) is 10.7. The van der Waals surface area contributed by atoms with Gasteiger partial charge in [0.1, 0.15) is 0 Å². The minimum absolute atomic E-state index is 0.523. The Hall–Kier alpha value is -0.420. The Kier molecular flexibility index (Phi) is 3.75. The van der Waals surface area contributed by atoms with Crippen LogP contribution in [0.3, 0.4) is 0 Å². The fraction of sp³-hybridized carbons (Fsp3) is 0.900. The molecule has 86 valence electrons. The van der Waals surface area contributed by atoms with Crippen molar-refractivity contribution in [2.45, 2.75) is 12.5 Å². The third kappa shape index (κ3) is 2.39. The molecule has 2 heterocycles. The summed E-state index contributed by atoms with van der Waals surface area (Å²) in [7, 11) is 1.73. The molecule has 2 atom stereocenters. The van der Waals surface area contributed by atoms with Crippen molar-refractivity contribution < 1.29 is 4.74 Å². The fourth-order valence-electron chi connectivity index (χ4n) is 2.28. The van der Waals surface area contributed by atoms with E-state index in [0.717, 1.165) is 25.6 Å². The third-order valence-electron chi connectivity index (χ3n) is 3.18. The second-order valence-corrected chi connectivity index (χ2v) is 5.23. The summed E-state index contributed by atoms with van der Waals surface area (Å²) in [5, 5.41) is 0. The van der Waals surface area contributed by atoms with Crippen molar-refractivity contribution in [3.05, 3.63) is 0 Å². The summed E-state index contributed by atoms with van der Waals surface area (Å²) in [6, 6.07) is 0.523. The van der Waals surface area contributed by atoms with Gasteiger partial charge >= 0.3 is 0 Å². The predicted octanol–water partition coefficient (Wildman–Crippen LogP) is 0.385. The SMILES string of the molecule is COCCN1C(N)=NCC1C1CCSC1. The summed E-state index contributed by atoms with van der Waals surface area (Å²) in [6.07, 6.45) is 1.31. The summed E-state index contributed by atoms with van der Waals surface area (Å²) >= 11 is 2.05. The van der Waals surface area contributed by atoms with Crippen LogP contribution in [0.4, 0.5) is 0 Å². The van der Waals surface area contributed by atoms with Gasteiger partial charge < -0.3 is 15.4 Å². The Balaban J connectivity index is 1.93. The molecule has 2 rings (SSSR count). The van der Waals surface area contributed by atoms with Gasteiger partial charge in [-0.15, -0.1) is 0 Å². The van der Waals surface area contributed by atoms with E-state index < -0.39 is 0 Å². The van der Waals surface area contributed by atoms with Crippen LogP contribution in [0, 0.1) is 5.92 Å². The highest BCUT2D eigenvalue weighted by molar-refractivity contribution is 7.99. The van der Waals surface area contributed by atoms with Gasteiger partial charge in [0.15, 0.2) is 5.96 Å². The van der Waals surface area contributed by atoms with Crippen LogP contribution in [-0.4, -0.2) is 55.2 Å². The van der Waals surface area contributed by atoms with E-state index in [1.165, 1.54) is 17.9 Å². The second kappa shape index (κ2) is 5.07. The van der Waals surface area contributed by atoms with Crippen molar-refractivity contribution in [3.8, 4) is 0 Å². The monoisotopic (exact) mass is 229 g/mol. The molecule has 1 saturated heterocycles. The average molecular weight is 229 g/mol. The quantitative estimate of drug-likeness (QED) is 0.757. The predicted molar refractivity (Wildman–Crippen MR) is 64.3 cm³/mol. The number of guanidine groups is 1. The van der Waals surface area contributed by atoms with Crippen LogP contribution in [0.5, 0.6) is 0 Å². The number of nitrogens with zero attached hydrogens (tertiary/aromatic N) is 2. The lowest BCUT2D eigenvalue weighted by molar-refractivity contribution is 0.155. The van der Waals surface area contributed by atoms with E-state index in [9.17, 15) is 0 Å². The van der Waals surface area contributed by atoms with E-state index >= 15 is 0 Å². The molecule has 0 amide bonds. The molecular formula is C10H19N3OS. The molecule has 2 N–H and O–H groups in total. The molecule has 0 bridgehead atoms. The van der Waals surface area contributed by atoms with Crippen LogP contribution in [-0.2, 0) is 4.74 Å². The molecule has 0 aliphatic carbocycles. The molecule has 0 radical (unpaired) electrons. The van der Waals surface area contributed by atoms with Crippen LogP contribution < -0.4 is 5.73 Å². The van der Waals surface area contributed by atoms with Gasteiger partial charge in [-0.1, -0.05) is 0 Å². The lowest BCUT2D eigenvalue weighted by Gasteiger charge is -2.29. The first-order chi connectivity index (χ1) is 7.33. The maximum Gasteiger partial charge on any atom is 0.191 e. The molecule has 15 heavy (non-hydrogen) atoms. The van der Waals surface area contributed by atoms with Crippen molar-refractivity contribution >= 4 is 17.7 Å². The van der Waals surface area contributed by atoms with E-state index in [0.29, 0.717) is 12.0 Å². The molecule has 0 aromatic carbocycles. The molecule has 2 aliphatic heterocycles. The standard InChI is InChI=1S/C10H19N3OS/c1-14-4-3-13-9(6-12-10(13)11)8-2-5-15-7-8/h8-9H,2-7H2,1H3,(H2,11,12). The minimum Gasteiger partial charge on any atom is -0.383 e.